The molecule has 16 heavy (non-hydrogen) atoms. The van der Waals surface area contributed by atoms with Crippen molar-refractivity contribution in [3.8, 4) is 0 Å². The third-order valence-electron chi connectivity index (χ3n) is 3.17. The number of carbonyl (C=O) groups is 1. The summed E-state index contributed by atoms with van der Waals surface area (Å²) in [6, 6.07) is 0. The van der Waals surface area contributed by atoms with Crippen molar-refractivity contribution < 1.29 is 14.6 Å². The van der Waals surface area contributed by atoms with Gasteiger partial charge in [-0.15, -0.1) is 0 Å². The Morgan fingerprint density at radius 2 is 2.31 bits per heavy atom. The second kappa shape index (κ2) is 4.69. The molecule has 1 aliphatic rings. The molecule has 0 radical (unpaired) electrons. The van der Waals surface area contributed by atoms with Gasteiger partial charge in [0.1, 0.15) is 5.92 Å². The highest BCUT2D eigenvalue weighted by Crippen LogP contribution is 2.36. The summed E-state index contributed by atoms with van der Waals surface area (Å²) in [6.45, 7) is 3.60. The predicted octanol–water partition coefficient (Wildman–Crippen LogP) is 1.66. The number of ether oxygens (including phenoxy) is 1. The van der Waals surface area contributed by atoms with Crippen LogP contribution in [0.4, 0.5) is 0 Å². The van der Waals surface area contributed by atoms with Crippen molar-refractivity contribution in [1.82, 2.24) is 0 Å². The van der Waals surface area contributed by atoms with E-state index in [1.54, 1.807) is 13.0 Å². The lowest BCUT2D eigenvalue weighted by atomic mass is 9.72. The fourth-order valence-corrected chi connectivity index (χ4v) is 2.57. The molecule has 0 spiro atoms. The average Bonchev–Trinajstić information content (AvgIpc) is 2.21. The first-order valence-electron chi connectivity index (χ1n) is 4.94. The van der Waals surface area contributed by atoms with Crippen LogP contribution in [0.15, 0.2) is 22.2 Å². The topological polar surface area (TPSA) is 72.5 Å². The number of carboxylic acid groups (broad SMARTS) is 1. The maximum Gasteiger partial charge on any atom is 0.312 e. The van der Waals surface area contributed by atoms with E-state index >= 15 is 0 Å². The predicted molar refractivity (Wildman–Crippen MR) is 65.3 cm³/mol. The summed E-state index contributed by atoms with van der Waals surface area (Å²) in [7, 11) is 1.53. The average molecular weight is 290 g/mol. The van der Waals surface area contributed by atoms with Crippen LogP contribution in [0, 0.1) is 5.92 Å². The van der Waals surface area contributed by atoms with E-state index in [-0.39, 0.29) is 6.10 Å². The molecule has 0 aromatic heterocycles. The van der Waals surface area contributed by atoms with Crippen molar-refractivity contribution in [2.45, 2.75) is 25.5 Å². The summed E-state index contributed by atoms with van der Waals surface area (Å²) in [6.07, 6.45) is 3.06. The molecule has 5 heteroatoms. The zero-order valence-electron chi connectivity index (χ0n) is 9.53. The second-order valence-electron chi connectivity index (χ2n) is 4.01. The molecule has 0 bridgehead atoms. The molecule has 0 amide bonds. The van der Waals surface area contributed by atoms with E-state index in [9.17, 15) is 9.90 Å². The Bertz CT molecular complexity index is 364. The molecule has 0 aromatic carbocycles. The number of methoxy groups -OCH3 is 1. The summed E-state index contributed by atoms with van der Waals surface area (Å²) < 4.78 is 5.94. The number of halogens is 1. The molecule has 1 rings (SSSR count). The van der Waals surface area contributed by atoms with Gasteiger partial charge in [-0.25, -0.2) is 0 Å². The Kier molecular flexibility index (Phi) is 3.93. The fraction of sp³-hybridized carbons (Fsp3) is 0.545. The van der Waals surface area contributed by atoms with E-state index in [0.29, 0.717) is 0 Å². The number of aliphatic carboxylic acids is 1. The number of hydrogen-bond donors (Lipinski definition) is 2. The van der Waals surface area contributed by atoms with Crippen LogP contribution in [0.3, 0.4) is 0 Å². The SMILES string of the molecule is COC(C)C1(N)C(C)=CC(Br)=CC1C(=O)O. The largest absolute Gasteiger partial charge is 0.481 e. The third kappa shape index (κ3) is 2.07. The smallest absolute Gasteiger partial charge is 0.312 e. The van der Waals surface area contributed by atoms with Gasteiger partial charge in [-0.2, -0.15) is 0 Å². The van der Waals surface area contributed by atoms with Crippen LogP contribution >= 0.6 is 15.9 Å². The van der Waals surface area contributed by atoms with Gasteiger partial charge in [0.15, 0.2) is 0 Å². The van der Waals surface area contributed by atoms with Gasteiger partial charge in [0, 0.05) is 11.6 Å². The van der Waals surface area contributed by atoms with Gasteiger partial charge in [0.2, 0.25) is 0 Å². The molecule has 0 aromatic rings. The van der Waals surface area contributed by atoms with Crippen LogP contribution in [-0.4, -0.2) is 29.8 Å². The zero-order valence-corrected chi connectivity index (χ0v) is 11.1. The van der Waals surface area contributed by atoms with E-state index in [4.69, 9.17) is 10.5 Å². The van der Waals surface area contributed by atoms with Crippen molar-refractivity contribution in [3.63, 3.8) is 0 Å². The fourth-order valence-electron chi connectivity index (χ4n) is 1.97. The molecule has 0 heterocycles. The van der Waals surface area contributed by atoms with Gasteiger partial charge >= 0.3 is 5.97 Å². The van der Waals surface area contributed by atoms with Crippen molar-refractivity contribution in [1.29, 1.82) is 0 Å². The van der Waals surface area contributed by atoms with Crippen LogP contribution in [0.2, 0.25) is 0 Å². The minimum atomic E-state index is -1.00. The van der Waals surface area contributed by atoms with Gasteiger partial charge < -0.3 is 15.6 Å². The summed E-state index contributed by atoms with van der Waals surface area (Å²) in [5.74, 6) is -1.74. The van der Waals surface area contributed by atoms with Crippen LogP contribution in [-0.2, 0) is 9.53 Å². The Morgan fingerprint density at radius 3 is 2.75 bits per heavy atom. The van der Waals surface area contributed by atoms with Gasteiger partial charge in [-0.05, 0) is 25.5 Å². The minimum Gasteiger partial charge on any atom is -0.481 e. The zero-order chi connectivity index (χ0) is 12.5. The lowest BCUT2D eigenvalue weighted by Crippen LogP contribution is -2.59. The van der Waals surface area contributed by atoms with Crippen LogP contribution < -0.4 is 5.73 Å². The molecule has 0 fully saturated rings. The van der Waals surface area contributed by atoms with E-state index in [1.807, 2.05) is 13.0 Å². The summed E-state index contributed by atoms with van der Waals surface area (Å²) in [5.41, 5.74) is 6.02. The highest BCUT2D eigenvalue weighted by molar-refractivity contribution is 9.11. The Hall–Kier alpha value is -0.650. The van der Waals surface area contributed by atoms with Gasteiger partial charge in [-0.1, -0.05) is 22.0 Å². The number of hydrogen-bond acceptors (Lipinski definition) is 3. The molecule has 3 atom stereocenters. The molecule has 4 nitrogen and oxygen atoms in total. The monoisotopic (exact) mass is 289 g/mol. The Morgan fingerprint density at radius 1 is 1.75 bits per heavy atom. The van der Waals surface area contributed by atoms with Crippen molar-refractivity contribution in [2.24, 2.45) is 11.7 Å². The highest BCUT2D eigenvalue weighted by Gasteiger charge is 2.46. The molecule has 90 valence electrons. The lowest BCUT2D eigenvalue weighted by molar-refractivity contribution is -0.143. The van der Waals surface area contributed by atoms with Crippen molar-refractivity contribution in [3.05, 3.63) is 22.2 Å². The quantitative estimate of drug-likeness (QED) is 0.829. The minimum absolute atomic E-state index is 0.373. The maximum absolute atomic E-state index is 11.3. The second-order valence-corrected chi connectivity index (χ2v) is 4.92. The number of carboxylic acids is 1. The van der Waals surface area contributed by atoms with E-state index in [0.717, 1.165) is 10.1 Å². The first-order chi connectivity index (χ1) is 7.33. The van der Waals surface area contributed by atoms with Gasteiger partial charge in [-0.3, -0.25) is 4.79 Å². The first kappa shape index (κ1) is 13.4. The van der Waals surface area contributed by atoms with Crippen LogP contribution in [0.25, 0.3) is 0 Å². The number of nitrogens with two attached hydrogens (primary N) is 1. The molecule has 3 unspecified atom stereocenters. The van der Waals surface area contributed by atoms with Crippen molar-refractivity contribution in [2.75, 3.05) is 7.11 Å². The van der Waals surface area contributed by atoms with Gasteiger partial charge in [0.25, 0.3) is 0 Å². The maximum atomic E-state index is 11.3. The van der Waals surface area contributed by atoms with Crippen molar-refractivity contribution >= 4 is 21.9 Å². The van der Waals surface area contributed by atoms with E-state index in [2.05, 4.69) is 15.9 Å². The summed E-state index contributed by atoms with van der Waals surface area (Å²) >= 11 is 3.29. The number of rotatable bonds is 3. The normalized spacial score (nSPS) is 31.7. The lowest BCUT2D eigenvalue weighted by Gasteiger charge is -2.41. The molecule has 0 aliphatic heterocycles. The molecule has 0 saturated carbocycles. The Balaban J connectivity index is 3.24. The highest BCUT2D eigenvalue weighted by atomic mass is 79.9. The van der Waals surface area contributed by atoms with Gasteiger partial charge in [0.05, 0.1) is 11.6 Å². The molecule has 3 N–H and O–H groups in total. The molecular weight excluding hydrogens is 274 g/mol. The van der Waals surface area contributed by atoms with E-state index in [1.165, 1.54) is 7.11 Å². The number of allylic oxidation sites excluding steroid dienone is 2. The molecule has 1 aliphatic carbocycles. The van der Waals surface area contributed by atoms with Crippen LogP contribution in [0.1, 0.15) is 13.8 Å². The molecule has 0 saturated heterocycles. The molecular formula is C11H16BrNO3. The standard InChI is InChI=1S/C11H16BrNO3/c1-6-4-8(12)5-9(10(14)15)11(6,13)7(2)16-3/h4-5,7,9H,13H2,1-3H3,(H,14,15). The first-order valence-corrected chi connectivity index (χ1v) is 5.74. The van der Waals surface area contributed by atoms with E-state index < -0.39 is 17.4 Å². The summed E-state index contributed by atoms with van der Waals surface area (Å²) in [5, 5.41) is 9.23. The van der Waals surface area contributed by atoms with Crippen LogP contribution in [0.5, 0.6) is 0 Å². The summed E-state index contributed by atoms with van der Waals surface area (Å²) in [4.78, 5) is 11.3. The Labute approximate surface area is 103 Å². The third-order valence-corrected chi connectivity index (χ3v) is 3.66.